The van der Waals surface area contributed by atoms with Crippen molar-refractivity contribution < 1.29 is 13.6 Å². The molecule has 3 aromatic carbocycles. The number of carbonyl (C=O) groups is 1. The molecule has 0 unspecified atom stereocenters. The molecular formula is C22H17F2N3OS. The van der Waals surface area contributed by atoms with Crippen molar-refractivity contribution in [3.8, 4) is 0 Å². The van der Waals surface area contributed by atoms with Gasteiger partial charge in [-0.15, -0.1) is 0 Å². The van der Waals surface area contributed by atoms with E-state index in [1.165, 1.54) is 6.07 Å². The number of anilines is 1. The lowest BCUT2D eigenvalue weighted by atomic mass is 9.91. The highest BCUT2D eigenvalue weighted by Gasteiger charge is 2.31. The third kappa shape index (κ3) is 3.69. The normalized spacial score (nSPS) is 16.4. The Bertz CT molecular complexity index is 1170. The van der Waals surface area contributed by atoms with Crippen LogP contribution in [0.25, 0.3) is 10.8 Å². The minimum Gasteiger partial charge on any atom is -0.351 e. The summed E-state index contributed by atoms with van der Waals surface area (Å²) in [5, 5.41) is 11.2. The summed E-state index contributed by atoms with van der Waals surface area (Å²) in [6.45, 7) is 1.76. The molecule has 0 saturated carbocycles. The van der Waals surface area contributed by atoms with Crippen molar-refractivity contribution in [3.63, 3.8) is 0 Å². The van der Waals surface area contributed by atoms with Gasteiger partial charge in [0.2, 0.25) is 0 Å². The number of hydrogen-bond donors (Lipinski definition) is 3. The highest BCUT2D eigenvalue weighted by molar-refractivity contribution is 7.80. The lowest BCUT2D eigenvalue weighted by Crippen LogP contribution is -2.45. The molecule has 1 aliphatic rings. The second-order valence-corrected chi connectivity index (χ2v) is 7.13. The van der Waals surface area contributed by atoms with Gasteiger partial charge in [0.05, 0.1) is 11.6 Å². The average molecular weight is 409 g/mol. The van der Waals surface area contributed by atoms with E-state index in [0.29, 0.717) is 16.4 Å². The fourth-order valence-electron chi connectivity index (χ4n) is 3.50. The molecular weight excluding hydrogens is 392 g/mol. The number of benzene rings is 3. The zero-order chi connectivity index (χ0) is 20.5. The van der Waals surface area contributed by atoms with Crippen molar-refractivity contribution >= 4 is 39.7 Å². The summed E-state index contributed by atoms with van der Waals surface area (Å²) < 4.78 is 26.7. The van der Waals surface area contributed by atoms with Gasteiger partial charge in [0.15, 0.2) is 16.7 Å². The maximum Gasteiger partial charge on any atom is 0.255 e. The minimum atomic E-state index is -1.03. The largest absolute Gasteiger partial charge is 0.351 e. The van der Waals surface area contributed by atoms with Crippen LogP contribution in [-0.2, 0) is 4.79 Å². The second-order valence-electron chi connectivity index (χ2n) is 6.72. The fourth-order valence-corrected chi connectivity index (χ4v) is 3.77. The SMILES string of the molecule is CC1=C(C(=O)Nc2ccc(F)c(F)c2)[C@@H](c2cccc3ccccc23)NC(=S)N1. The van der Waals surface area contributed by atoms with Crippen LogP contribution in [0.3, 0.4) is 0 Å². The van der Waals surface area contributed by atoms with Gasteiger partial charge < -0.3 is 16.0 Å². The summed E-state index contributed by atoms with van der Waals surface area (Å²) in [4.78, 5) is 13.1. The first-order valence-corrected chi connectivity index (χ1v) is 9.37. The van der Waals surface area contributed by atoms with Gasteiger partial charge in [-0.05, 0) is 47.6 Å². The van der Waals surface area contributed by atoms with E-state index in [4.69, 9.17) is 12.2 Å². The van der Waals surface area contributed by atoms with Crippen molar-refractivity contribution in [2.45, 2.75) is 13.0 Å². The van der Waals surface area contributed by atoms with Crippen molar-refractivity contribution in [1.82, 2.24) is 10.6 Å². The number of allylic oxidation sites excluding steroid dienone is 1. The molecule has 0 fully saturated rings. The predicted octanol–water partition coefficient (Wildman–Crippen LogP) is 4.55. The highest BCUT2D eigenvalue weighted by Crippen LogP contribution is 2.32. The molecule has 4 rings (SSSR count). The van der Waals surface area contributed by atoms with E-state index in [2.05, 4.69) is 16.0 Å². The van der Waals surface area contributed by atoms with E-state index < -0.39 is 23.6 Å². The van der Waals surface area contributed by atoms with Crippen LogP contribution in [-0.4, -0.2) is 11.0 Å². The molecule has 1 amide bonds. The summed E-state index contributed by atoms with van der Waals surface area (Å²) in [5.74, 6) is -2.44. The highest BCUT2D eigenvalue weighted by atomic mass is 32.1. The van der Waals surface area contributed by atoms with E-state index in [1.807, 2.05) is 42.5 Å². The third-order valence-electron chi connectivity index (χ3n) is 4.83. The molecule has 0 bridgehead atoms. The fraction of sp³-hybridized carbons (Fsp3) is 0.0909. The lowest BCUT2D eigenvalue weighted by Gasteiger charge is -2.31. The van der Waals surface area contributed by atoms with E-state index in [-0.39, 0.29) is 5.69 Å². The molecule has 1 aliphatic heterocycles. The predicted molar refractivity (Wildman–Crippen MR) is 113 cm³/mol. The zero-order valence-corrected chi connectivity index (χ0v) is 16.2. The van der Waals surface area contributed by atoms with Gasteiger partial charge in [-0.3, -0.25) is 4.79 Å². The molecule has 7 heteroatoms. The van der Waals surface area contributed by atoms with E-state index in [9.17, 15) is 13.6 Å². The maximum absolute atomic E-state index is 13.5. The van der Waals surface area contributed by atoms with Crippen molar-refractivity contribution in [3.05, 3.63) is 89.1 Å². The quantitative estimate of drug-likeness (QED) is 0.556. The summed E-state index contributed by atoms with van der Waals surface area (Å²) >= 11 is 5.30. The molecule has 146 valence electrons. The van der Waals surface area contributed by atoms with E-state index >= 15 is 0 Å². The number of amides is 1. The van der Waals surface area contributed by atoms with Crippen LogP contribution in [0.15, 0.2) is 71.9 Å². The van der Waals surface area contributed by atoms with Gasteiger partial charge in [-0.2, -0.15) is 0 Å². The Balaban J connectivity index is 1.76. The van der Waals surface area contributed by atoms with E-state index in [1.54, 1.807) is 6.92 Å². The average Bonchev–Trinajstić information content (AvgIpc) is 2.69. The Kier molecular flexibility index (Phi) is 4.98. The Hall–Kier alpha value is -3.32. The molecule has 1 atom stereocenters. The van der Waals surface area contributed by atoms with Gasteiger partial charge in [0.1, 0.15) is 0 Å². The first-order chi connectivity index (χ1) is 13.9. The van der Waals surface area contributed by atoms with Gasteiger partial charge in [-0.25, -0.2) is 8.78 Å². The first-order valence-electron chi connectivity index (χ1n) is 8.96. The van der Waals surface area contributed by atoms with Gasteiger partial charge in [-0.1, -0.05) is 42.5 Å². The number of fused-ring (bicyclic) bond motifs is 1. The van der Waals surface area contributed by atoms with Crippen LogP contribution < -0.4 is 16.0 Å². The topological polar surface area (TPSA) is 53.2 Å². The number of nitrogens with one attached hydrogen (secondary N) is 3. The number of rotatable bonds is 3. The van der Waals surface area contributed by atoms with Crippen molar-refractivity contribution in [1.29, 1.82) is 0 Å². The molecule has 0 aliphatic carbocycles. The molecule has 29 heavy (non-hydrogen) atoms. The molecule has 1 heterocycles. The van der Waals surface area contributed by atoms with Crippen LogP contribution in [0, 0.1) is 11.6 Å². The Morgan fingerprint density at radius 3 is 2.59 bits per heavy atom. The number of hydrogen-bond acceptors (Lipinski definition) is 2. The molecule has 0 radical (unpaired) electrons. The summed E-state index contributed by atoms with van der Waals surface area (Å²) in [6.07, 6.45) is 0. The van der Waals surface area contributed by atoms with Crippen molar-refractivity contribution in [2.75, 3.05) is 5.32 Å². The lowest BCUT2D eigenvalue weighted by molar-refractivity contribution is -0.113. The van der Waals surface area contributed by atoms with Crippen LogP contribution >= 0.6 is 12.2 Å². The van der Waals surface area contributed by atoms with Gasteiger partial charge >= 0.3 is 0 Å². The summed E-state index contributed by atoms with van der Waals surface area (Å²) in [7, 11) is 0. The summed E-state index contributed by atoms with van der Waals surface area (Å²) in [6, 6.07) is 16.5. The first kappa shape index (κ1) is 19.0. The van der Waals surface area contributed by atoms with E-state index in [0.717, 1.165) is 28.5 Å². The number of halogens is 2. The molecule has 4 nitrogen and oxygen atoms in total. The molecule has 3 N–H and O–H groups in total. The van der Waals surface area contributed by atoms with Gasteiger partial charge in [0, 0.05) is 17.5 Å². The Labute approximate surface area is 171 Å². The zero-order valence-electron chi connectivity index (χ0n) is 15.4. The van der Waals surface area contributed by atoms with Crippen LogP contribution in [0.4, 0.5) is 14.5 Å². The monoisotopic (exact) mass is 409 g/mol. The molecule has 0 saturated heterocycles. The third-order valence-corrected chi connectivity index (χ3v) is 5.05. The number of thiocarbonyl (C=S) groups is 1. The minimum absolute atomic E-state index is 0.166. The van der Waals surface area contributed by atoms with Crippen LogP contribution in [0.1, 0.15) is 18.5 Å². The number of carbonyl (C=O) groups excluding carboxylic acids is 1. The van der Waals surface area contributed by atoms with Crippen molar-refractivity contribution in [2.24, 2.45) is 0 Å². The van der Waals surface area contributed by atoms with Gasteiger partial charge in [0.25, 0.3) is 5.91 Å². The second kappa shape index (κ2) is 7.60. The summed E-state index contributed by atoms with van der Waals surface area (Å²) in [5.41, 5.74) is 2.06. The van der Waals surface area contributed by atoms with Crippen LogP contribution in [0.5, 0.6) is 0 Å². The maximum atomic E-state index is 13.5. The van der Waals surface area contributed by atoms with Crippen LogP contribution in [0.2, 0.25) is 0 Å². The standard InChI is InChI=1S/C22H17F2N3OS/c1-12-19(21(28)26-14-9-10-17(23)18(24)11-14)20(27-22(29)25-12)16-8-4-6-13-5-2-3-7-15(13)16/h2-11,20H,1H3,(H,26,28)(H2,25,27,29)/t20-/m1/s1. The Morgan fingerprint density at radius 1 is 1.03 bits per heavy atom. The molecule has 0 spiro atoms. The Morgan fingerprint density at radius 2 is 1.79 bits per heavy atom. The molecule has 3 aromatic rings. The molecule has 0 aromatic heterocycles. The smallest absolute Gasteiger partial charge is 0.255 e.